The number of hydrogen-bond donors (Lipinski definition) is 1. The Balaban J connectivity index is 1.97. The zero-order chi connectivity index (χ0) is 14.8. The number of hydrogen-bond acceptors (Lipinski definition) is 2. The van der Waals surface area contributed by atoms with Crippen LogP contribution in [0.1, 0.15) is 44.2 Å². The normalized spacial score (nSPS) is 15.1. The number of rotatable bonds is 5. The second-order valence-electron chi connectivity index (χ2n) is 6.52. The smallest absolute Gasteiger partial charge is 0.309 e. The Morgan fingerprint density at radius 3 is 2.85 bits per heavy atom. The van der Waals surface area contributed by atoms with Gasteiger partial charge in [0.2, 0.25) is 0 Å². The van der Waals surface area contributed by atoms with Crippen molar-refractivity contribution >= 4 is 11.7 Å². The van der Waals surface area contributed by atoms with Crippen LogP contribution in [0.3, 0.4) is 0 Å². The molecule has 1 aromatic rings. The van der Waals surface area contributed by atoms with E-state index in [2.05, 4.69) is 30.0 Å². The van der Waals surface area contributed by atoms with Gasteiger partial charge in [-0.3, -0.25) is 4.79 Å². The largest absolute Gasteiger partial charge is 0.481 e. The van der Waals surface area contributed by atoms with Gasteiger partial charge in [0.1, 0.15) is 0 Å². The van der Waals surface area contributed by atoms with Crippen LogP contribution in [0.4, 0.5) is 5.69 Å². The number of fused-ring (bicyclic) bond motifs is 1. The van der Waals surface area contributed by atoms with Gasteiger partial charge in [0.15, 0.2) is 0 Å². The summed E-state index contributed by atoms with van der Waals surface area (Å²) in [6.45, 7) is 7.79. The van der Waals surface area contributed by atoms with Gasteiger partial charge >= 0.3 is 5.97 Å². The lowest BCUT2D eigenvalue weighted by Crippen LogP contribution is -2.32. The average Bonchev–Trinajstić information content (AvgIpc) is 2.38. The number of benzene rings is 1. The van der Waals surface area contributed by atoms with Crippen LogP contribution in [-0.2, 0) is 11.2 Å². The highest BCUT2D eigenvalue weighted by Crippen LogP contribution is 2.29. The maximum absolute atomic E-state index is 11.1. The molecule has 1 aromatic carbocycles. The first-order valence-electron chi connectivity index (χ1n) is 7.48. The van der Waals surface area contributed by atoms with Crippen molar-refractivity contribution in [3.05, 3.63) is 29.3 Å². The van der Waals surface area contributed by atoms with Gasteiger partial charge < -0.3 is 10.0 Å². The van der Waals surface area contributed by atoms with Crippen molar-refractivity contribution in [2.45, 2.75) is 46.5 Å². The fraction of sp³-hybridized carbons (Fsp3) is 0.588. The predicted molar refractivity (Wildman–Crippen MR) is 82.4 cm³/mol. The zero-order valence-electron chi connectivity index (χ0n) is 12.8. The molecule has 3 heteroatoms. The van der Waals surface area contributed by atoms with E-state index in [-0.39, 0.29) is 0 Å². The summed E-state index contributed by atoms with van der Waals surface area (Å²) < 4.78 is 0. The van der Waals surface area contributed by atoms with Crippen LogP contribution in [0.2, 0.25) is 0 Å². The van der Waals surface area contributed by atoms with E-state index in [9.17, 15) is 4.79 Å². The predicted octanol–water partition coefficient (Wildman–Crippen LogP) is 3.64. The highest BCUT2D eigenvalue weighted by Gasteiger charge is 2.27. The van der Waals surface area contributed by atoms with E-state index in [4.69, 9.17) is 5.11 Å². The van der Waals surface area contributed by atoms with E-state index in [1.54, 1.807) is 0 Å². The molecule has 1 heterocycles. The van der Waals surface area contributed by atoms with E-state index in [1.807, 2.05) is 13.8 Å². The topological polar surface area (TPSA) is 40.5 Å². The van der Waals surface area contributed by atoms with Crippen LogP contribution >= 0.6 is 0 Å². The summed E-state index contributed by atoms with van der Waals surface area (Å²) >= 11 is 0. The molecule has 2 rings (SSSR count). The van der Waals surface area contributed by atoms with Gasteiger partial charge in [-0.1, -0.05) is 17.7 Å². The van der Waals surface area contributed by atoms with Crippen molar-refractivity contribution in [2.24, 2.45) is 5.41 Å². The van der Waals surface area contributed by atoms with Gasteiger partial charge in [0, 0.05) is 18.8 Å². The summed E-state index contributed by atoms with van der Waals surface area (Å²) in [6, 6.07) is 6.66. The number of aryl methyl sites for hydroxylation is 2. The first-order valence-corrected chi connectivity index (χ1v) is 7.48. The first-order chi connectivity index (χ1) is 9.40. The van der Waals surface area contributed by atoms with Crippen LogP contribution in [0.15, 0.2) is 18.2 Å². The molecule has 0 bridgehead atoms. The van der Waals surface area contributed by atoms with Crippen LogP contribution in [0.5, 0.6) is 0 Å². The van der Waals surface area contributed by atoms with E-state index in [0.29, 0.717) is 0 Å². The lowest BCUT2D eigenvalue weighted by atomic mass is 9.88. The molecule has 1 aliphatic rings. The zero-order valence-corrected chi connectivity index (χ0v) is 12.8. The number of carbonyl (C=O) groups is 1. The van der Waals surface area contributed by atoms with Gasteiger partial charge in [-0.05, 0) is 58.1 Å². The third-order valence-corrected chi connectivity index (χ3v) is 4.26. The molecule has 1 aliphatic heterocycles. The van der Waals surface area contributed by atoms with Gasteiger partial charge in [0.05, 0.1) is 5.41 Å². The number of carboxylic acid groups (broad SMARTS) is 1. The van der Waals surface area contributed by atoms with Gasteiger partial charge in [0.25, 0.3) is 0 Å². The van der Waals surface area contributed by atoms with E-state index < -0.39 is 11.4 Å². The summed E-state index contributed by atoms with van der Waals surface area (Å²) in [5.41, 5.74) is 3.48. The van der Waals surface area contributed by atoms with Crippen molar-refractivity contribution < 1.29 is 9.90 Å². The molecular weight excluding hydrogens is 250 g/mol. The minimum Gasteiger partial charge on any atom is -0.481 e. The summed E-state index contributed by atoms with van der Waals surface area (Å²) in [5, 5.41) is 9.15. The molecule has 0 fully saturated rings. The number of anilines is 1. The molecule has 0 aromatic heterocycles. The molecule has 3 nitrogen and oxygen atoms in total. The van der Waals surface area contributed by atoms with Crippen LogP contribution in [0, 0.1) is 12.3 Å². The molecule has 1 N–H and O–H groups in total. The molecule has 0 amide bonds. The Hall–Kier alpha value is -1.51. The molecule has 0 atom stereocenters. The lowest BCUT2D eigenvalue weighted by molar-refractivity contribution is -0.147. The molecule has 0 spiro atoms. The van der Waals surface area contributed by atoms with Gasteiger partial charge in [-0.25, -0.2) is 0 Å². The van der Waals surface area contributed by atoms with Crippen molar-refractivity contribution in [2.75, 3.05) is 18.0 Å². The second kappa shape index (κ2) is 5.86. The first kappa shape index (κ1) is 14.9. The Bertz CT molecular complexity index is 494. The number of nitrogens with zero attached hydrogens (tertiary/aromatic N) is 1. The third kappa shape index (κ3) is 3.33. The molecular formula is C17H25NO2. The summed E-state index contributed by atoms with van der Waals surface area (Å²) in [5.74, 6) is -0.702. The van der Waals surface area contributed by atoms with E-state index in [0.717, 1.165) is 32.4 Å². The minimum absolute atomic E-state index is 0.619. The van der Waals surface area contributed by atoms with Gasteiger partial charge in [-0.2, -0.15) is 0 Å². The highest BCUT2D eigenvalue weighted by molar-refractivity contribution is 5.73. The molecule has 0 radical (unpaired) electrons. The second-order valence-corrected chi connectivity index (χ2v) is 6.52. The Morgan fingerprint density at radius 1 is 1.40 bits per heavy atom. The molecule has 110 valence electrons. The number of aliphatic carboxylic acids is 1. The van der Waals surface area contributed by atoms with Gasteiger partial charge in [-0.15, -0.1) is 0 Å². The minimum atomic E-state index is -0.702. The van der Waals surface area contributed by atoms with E-state index >= 15 is 0 Å². The fourth-order valence-corrected chi connectivity index (χ4v) is 2.85. The summed E-state index contributed by atoms with van der Waals surface area (Å²) in [7, 11) is 0. The molecule has 0 aliphatic carbocycles. The summed E-state index contributed by atoms with van der Waals surface area (Å²) in [6.07, 6.45) is 4.00. The standard InChI is InChI=1S/C17H25NO2/c1-13-7-8-15-14(12-13)6-4-10-18(15)11-5-9-17(2,3)16(19)20/h7-8,12H,4-6,9-11H2,1-3H3,(H,19,20). The van der Waals surface area contributed by atoms with Crippen molar-refractivity contribution in [1.29, 1.82) is 0 Å². The molecule has 0 saturated carbocycles. The monoisotopic (exact) mass is 275 g/mol. The average molecular weight is 275 g/mol. The number of carboxylic acids is 1. The molecule has 0 unspecified atom stereocenters. The Labute approximate surface area is 121 Å². The van der Waals surface area contributed by atoms with Crippen LogP contribution in [-0.4, -0.2) is 24.2 Å². The Kier molecular flexibility index (Phi) is 4.36. The van der Waals surface area contributed by atoms with Crippen molar-refractivity contribution in [3.8, 4) is 0 Å². The Morgan fingerprint density at radius 2 is 2.15 bits per heavy atom. The highest BCUT2D eigenvalue weighted by atomic mass is 16.4. The van der Waals surface area contributed by atoms with Crippen molar-refractivity contribution in [3.63, 3.8) is 0 Å². The maximum Gasteiger partial charge on any atom is 0.309 e. The quantitative estimate of drug-likeness (QED) is 0.892. The fourth-order valence-electron chi connectivity index (χ4n) is 2.85. The lowest BCUT2D eigenvalue weighted by Gasteiger charge is -2.32. The maximum atomic E-state index is 11.1. The van der Waals surface area contributed by atoms with E-state index in [1.165, 1.54) is 23.2 Å². The van der Waals surface area contributed by atoms with Crippen LogP contribution in [0.25, 0.3) is 0 Å². The molecule has 20 heavy (non-hydrogen) atoms. The van der Waals surface area contributed by atoms with Crippen molar-refractivity contribution in [1.82, 2.24) is 0 Å². The SMILES string of the molecule is Cc1ccc2c(c1)CCCN2CCCC(C)(C)C(=O)O. The third-order valence-electron chi connectivity index (χ3n) is 4.26. The van der Waals surface area contributed by atoms with Crippen LogP contribution < -0.4 is 4.90 Å². The molecule has 0 saturated heterocycles. The summed E-state index contributed by atoms with van der Waals surface area (Å²) in [4.78, 5) is 13.5.